The lowest BCUT2D eigenvalue weighted by Gasteiger charge is -2.23. The summed E-state index contributed by atoms with van der Waals surface area (Å²) in [5.41, 5.74) is 1.25. The first-order valence-corrected chi connectivity index (χ1v) is 6.13. The maximum Gasteiger partial charge on any atom is 0.0619 e. The fraction of sp³-hybridized carbons (Fsp3) is 0.750. The number of nitrogens with one attached hydrogen (secondary N) is 1. The highest BCUT2D eigenvalue weighted by atomic mass is 16.5. The van der Waals surface area contributed by atoms with Crippen molar-refractivity contribution in [2.45, 2.75) is 31.7 Å². The van der Waals surface area contributed by atoms with Crippen LogP contribution in [0, 0.1) is 0 Å². The summed E-state index contributed by atoms with van der Waals surface area (Å²) in [6.07, 6.45) is 8.81. The number of nitrogens with zero attached hydrogens (tertiary/aromatic N) is 2. The molecular weight excluding hydrogens is 202 g/mol. The van der Waals surface area contributed by atoms with Crippen LogP contribution >= 0.6 is 0 Å². The van der Waals surface area contributed by atoms with Crippen LogP contribution in [0.25, 0.3) is 0 Å². The van der Waals surface area contributed by atoms with Crippen LogP contribution in [0.3, 0.4) is 0 Å². The molecule has 1 unspecified atom stereocenters. The molecule has 4 heteroatoms. The Labute approximate surface area is 97.0 Å². The van der Waals surface area contributed by atoms with Crippen LogP contribution in [0.15, 0.2) is 12.4 Å². The summed E-state index contributed by atoms with van der Waals surface area (Å²) in [5.74, 6) is 0. The fourth-order valence-electron chi connectivity index (χ4n) is 2.08. The molecule has 1 aromatic heterocycles. The number of aromatic nitrogens is 2. The molecule has 2 rings (SSSR count). The zero-order chi connectivity index (χ0) is 11.2. The van der Waals surface area contributed by atoms with Crippen molar-refractivity contribution in [2.75, 3.05) is 19.8 Å². The van der Waals surface area contributed by atoms with E-state index < -0.39 is 0 Å². The highest BCUT2D eigenvalue weighted by Crippen LogP contribution is 2.07. The molecule has 0 aromatic carbocycles. The Morgan fingerprint density at radius 1 is 1.56 bits per heavy atom. The molecule has 1 aliphatic heterocycles. The van der Waals surface area contributed by atoms with Crippen molar-refractivity contribution in [3.63, 3.8) is 0 Å². The summed E-state index contributed by atoms with van der Waals surface area (Å²) in [6, 6.07) is 0.572. The molecule has 0 bridgehead atoms. The molecule has 1 atom stereocenters. The molecule has 1 aliphatic rings. The van der Waals surface area contributed by atoms with Gasteiger partial charge in [-0.1, -0.05) is 6.42 Å². The number of rotatable bonds is 5. The lowest BCUT2D eigenvalue weighted by atomic mass is 10.1. The molecule has 16 heavy (non-hydrogen) atoms. The lowest BCUT2D eigenvalue weighted by Crippen LogP contribution is -2.37. The lowest BCUT2D eigenvalue weighted by molar-refractivity contribution is 0.105. The van der Waals surface area contributed by atoms with Crippen LogP contribution in [-0.4, -0.2) is 35.6 Å². The maximum absolute atomic E-state index is 5.69. The predicted octanol–water partition coefficient (Wildman–Crippen LogP) is 1.12. The Morgan fingerprint density at radius 2 is 2.50 bits per heavy atom. The smallest absolute Gasteiger partial charge is 0.0619 e. The molecule has 0 spiro atoms. The predicted molar refractivity (Wildman–Crippen MR) is 63.4 cm³/mol. The summed E-state index contributed by atoms with van der Waals surface area (Å²) >= 11 is 0. The molecular formula is C12H21N3O. The third kappa shape index (κ3) is 3.61. The highest BCUT2D eigenvalue weighted by Gasteiger charge is 2.11. The van der Waals surface area contributed by atoms with Gasteiger partial charge in [0.1, 0.15) is 0 Å². The average molecular weight is 223 g/mol. The highest BCUT2D eigenvalue weighted by molar-refractivity contribution is 5.03. The van der Waals surface area contributed by atoms with Crippen LogP contribution < -0.4 is 5.32 Å². The number of piperidine rings is 1. The molecule has 1 fully saturated rings. The molecule has 90 valence electrons. The normalized spacial score (nSPS) is 21.2. The second-order valence-corrected chi connectivity index (χ2v) is 4.49. The van der Waals surface area contributed by atoms with E-state index in [1.54, 1.807) is 0 Å². The Balaban J connectivity index is 1.57. The third-order valence-corrected chi connectivity index (χ3v) is 3.02. The zero-order valence-electron chi connectivity index (χ0n) is 9.98. The average Bonchev–Trinajstić information content (AvgIpc) is 2.72. The van der Waals surface area contributed by atoms with E-state index in [0.717, 1.165) is 26.2 Å². The Morgan fingerprint density at radius 3 is 3.19 bits per heavy atom. The molecule has 1 aromatic rings. The van der Waals surface area contributed by atoms with Crippen molar-refractivity contribution in [1.29, 1.82) is 0 Å². The van der Waals surface area contributed by atoms with Crippen molar-refractivity contribution >= 4 is 0 Å². The van der Waals surface area contributed by atoms with E-state index in [9.17, 15) is 0 Å². The van der Waals surface area contributed by atoms with Gasteiger partial charge >= 0.3 is 0 Å². The van der Waals surface area contributed by atoms with Crippen molar-refractivity contribution < 1.29 is 4.74 Å². The van der Waals surface area contributed by atoms with E-state index in [-0.39, 0.29) is 0 Å². The summed E-state index contributed by atoms with van der Waals surface area (Å²) in [6.45, 7) is 2.79. The molecule has 0 amide bonds. The number of hydrogen-bond acceptors (Lipinski definition) is 3. The molecule has 1 saturated heterocycles. The van der Waals surface area contributed by atoms with E-state index in [1.165, 1.54) is 24.8 Å². The number of hydrogen-bond donors (Lipinski definition) is 1. The summed E-state index contributed by atoms with van der Waals surface area (Å²) < 4.78 is 7.52. The van der Waals surface area contributed by atoms with E-state index >= 15 is 0 Å². The van der Waals surface area contributed by atoms with Crippen LogP contribution in [0.1, 0.15) is 24.8 Å². The summed E-state index contributed by atoms with van der Waals surface area (Å²) in [5, 5.41) is 7.61. The van der Waals surface area contributed by atoms with Gasteiger partial charge in [0.15, 0.2) is 0 Å². The van der Waals surface area contributed by atoms with Gasteiger partial charge in [-0.2, -0.15) is 5.10 Å². The summed E-state index contributed by atoms with van der Waals surface area (Å²) in [7, 11) is 1.94. The minimum atomic E-state index is 0.572. The quantitative estimate of drug-likeness (QED) is 0.760. The fourth-order valence-corrected chi connectivity index (χ4v) is 2.08. The molecule has 4 nitrogen and oxygen atoms in total. The Kier molecular flexibility index (Phi) is 4.36. The van der Waals surface area contributed by atoms with Crippen LogP contribution in [0.4, 0.5) is 0 Å². The van der Waals surface area contributed by atoms with Crippen molar-refractivity contribution in [2.24, 2.45) is 7.05 Å². The topological polar surface area (TPSA) is 39.1 Å². The Bertz CT molecular complexity index is 305. The second kappa shape index (κ2) is 6.01. The summed E-state index contributed by atoms with van der Waals surface area (Å²) in [4.78, 5) is 0. The van der Waals surface area contributed by atoms with Gasteiger partial charge in [-0.25, -0.2) is 0 Å². The van der Waals surface area contributed by atoms with Crippen LogP contribution in [-0.2, 0) is 18.2 Å². The van der Waals surface area contributed by atoms with Crippen LogP contribution in [0.2, 0.25) is 0 Å². The monoisotopic (exact) mass is 223 g/mol. The van der Waals surface area contributed by atoms with Crippen molar-refractivity contribution in [1.82, 2.24) is 15.1 Å². The molecule has 0 radical (unpaired) electrons. The van der Waals surface area contributed by atoms with Gasteiger partial charge in [0, 0.05) is 19.3 Å². The van der Waals surface area contributed by atoms with Gasteiger partial charge < -0.3 is 10.1 Å². The second-order valence-electron chi connectivity index (χ2n) is 4.49. The van der Waals surface area contributed by atoms with Gasteiger partial charge in [0.25, 0.3) is 0 Å². The van der Waals surface area contributed by atoms with Gasteiger partial charge in [-0.05, 0) is 31.4 Å². The van der Waals surface area contributed by atoms with Gasteiger partial charge in [-0.15, -0.1) is 0 Å². The van der Waals surface area contributed by atoms with Crippen molar-refractivity contribution in [3.8, 4) is 0 Å². The standard InChI is InChI=1S/C12H21N3O/c1-15-9-11(8-14-15)5-7-16-10-12-4-2-3-6-13-12/h8-9,12-13H,2-7,10H2,1H3. The minimum absolute atomic E-state index is 0.572. The first kappa shape index (κ1) is 11.6. The van der Waals surface area contributed by atoms with Crippen LogP contribution in [0.5, 0.6) is 0 Å². The maximum atomic E-state index is 5.69. The van der Waals surface area contributed by atoms with Gasteiger partial charge in [-0.3, -0.25) is 4.68 Å². The first-order valence-electron chi connectivity index (χ1n) is 6.13. The molecule has 2 heterocycles. The minimum Gasteiger partial charge on any atom is -0.379 e. The first-order chi connectivity index (χ1) is 7.84. The molecule has 0 saturated carbocycles. The molecule has 0 aliphatic carbocycles. The van der Waals surface area contributed by atoms with Gasteiger partial charge in [0.05, 0.1) is 19.4 Å². The SMILES string of the molecule is Cn1cc(CCOCC2CCCCN2)cn1. The number of aryl methyl sites for hydroxylation is 1. The third-order valence-electron chi connectivity index (χ3n) is 3.02. The molecule has 1 N–H and O–H groups in total. The van der Waals surface area contributed by atoms with Crippen molar-refractivity contribution in [3.05, 3.63) is 18.0 Å². The Hall–Kier alpha value is -0.870. The van der Waals surface area contributed by atoms with E-state index in [0.29, 0.717) is 6.04 Å². The largest absolute Gasteiger partial charge is 0.379 e. The number of ether oxygens (including phenoxy) is 1. The van der Waals surface area contributed by atoms with E-state index in [2.05, 4.69) is 10.4 Å². The van der Waals surface area contributed by atoms with E-state index in [1.807, 2.05) is 24.1 Å². The zero-order valence-corrected chi connectivity index (χ0v) is 9.98. The van der Waals surface area contributed by atoms with Gasteiger partial charge in [0.2, 0.25) is 0 Å². The van der Waals surface area contributed by atoms with E-state index in [4.69, 9.17) is 4.74 Å².